The molecule has 1 N–H and O–H groups in total. The number of benzene rings is 1. The minimum Gasteiger partial charge on any atom is -0.494 e. The van der Waals surface area contributed by atoms with Crippen LogP contribution in [0.3, 0.4) is 0 Å². The summed E-state index contributed by atoms with van der Waals surface area (Å²) in [7, 11) is 1.40. The highest BCUT2D eigenvalue weighted by molar-refractivity contribution is 5.77. The van der Waals surface area contributed by atoms with Crippen LogP contribution in [0.5, 0.6) is 5.88 Å². The molecular formula is C22H25N5O4. The number of nitrogens with zero attached hydrogens (tertiary/aromatic N) is 5. The zero-order chi connectivity index (χ0) is 22.4. The number of hydrogen-bond donors (Lipinski definition) is 1. The van der Waals surface area contributed by atoms with Gasteiger partial charge in [0.15, 0.2) is 11.2 Å². The van der Waals surface area contributed by atoms with Crippen LogP contribution in [-0.2, 0) is 20.0 Å². The number of aromatic nitrogens is 5. The summed E-state index contributed by atoms with van der Waals surface area (Å²) in [6.45, 7) is 6.15. The summed E-state index contributed by atoms with van der Waals surface area (Å²) >= 11 is 0. The lowest BCUT2D eigenvalue weighted by Crippen LogP contribution is -2.39. The molecule has 9 heteroatoms. The van der Waals surface area contributed by atoms with Gasteiger partial charge in [-0.25, -0.2) is 13.8 Å². The number of rotatable bonds is 5. The van der Waals surface area contributed by atoms with Crippen LogP contribution in [0.2, 0.25) is 0 Å². The van der Waals surface area contributed by atoms with Crippen molar-refractivity contribution in [2.24, 2.45) is 13.0 Å². The van der Waals surface area contributed by atoms with Crippen LogP contribution in [0.25, 0.3) is 22.6 Å². The van der Waals surface area contributed by atoms with E-state index in [-0.39, 0.29) is 34.3 Å². The summed E-state index contributed by atoms with van der Waals surface area (Å²) in [5.74, 6) is -0.115. The average Bonchev–Trinajstić information content (AvgIpc) is 3.13. The van der Waals surface area contributed by atoms with Crippen molar-refractivity contribution in [1.82, 2.24) is 23.1 Å². The summed E-state index contributed by atoms with van der Waals surface area (Å²) in [5.41, 5.74) is -0.503. The molecule has 0 aliphatic carbocycles. The molecule has 3 aromatic heterocycles. The van der Waals surface area contributed by atoms with E-state index in [2.05, 4.69) is 4.98 Å². The van der Waals surface area contributed by atoms with Gasteiger partial charge in [-0.2, -0.15) is 4.98 Å². The van der Waals surface area contributed by atoms with Crippen molar-refractivity contribution in [1.29, 1.82) is 0 Å². The highest BCUT2D eigenvalue weighted by atomic mass is 16.3. The number of para-hydroxylation sites is 1. The Balaban J connectivity index is 2.31. The van der Waals surface area contributed by atoms with Gasteiger partial charge >= 0.3 is 5.69 Å². The topological polar surface area (TPSA) is 104 Å². The lowest BCUT2D eigenvalue weighted by atomic mass is 10.2. The molecule has 0 aliphatic rings. The minimum atomic E-state index is -0.580. The van der Waals surface area contributed by atoms with Gasteiger partial charge in [-0.1, -0.05) is 45.4 Å². The van der Waals surface area contributed by atoms with E-state index in [1.165, 1.54) is 20.6 Å². The molecule has 1 aromatic carbocycles. The first-order valence-electron chi connectivity index (χ1n) is 10.3. The predicted molar refractivity (Wildman–Crippen MR) is 118 cm³/mol. The molecule has 4 rings (SSSR count). The van der Waals surface area contributed by atoms with Crippen LogP contribution in [0, 0.1) is 5.92 Å². The van der Waals surface area contributed by atoms with Crippen LogP contribution in [0.4, 0.5) is 0 Å². The third-order valence-electron chi connectivity index (χ3n) is 5.33. The first kappa shape index (κ1) is 20.6. The molecule has 0 amide bonds. The Morgan fingerprint density at radius 2 is 1.74 bits per heavy atom. The summed E-state index contributed by atoms with van der Waals surface area (Å²) in [6.07, 6.45) is 0.963. The normalized spacial score (nSPS) is 11.8. The quantitative estimate of drug-likeness (QED) is 0.527. The van der Waals surface area contributed by atoms with Crippen LogP contribution >= 0.6 is 0 Å². The zero-order valence-corrected chi connectivity index (χ0v) is 18.0. The molecule has 0 fully saturated rings. The standard InChI is InChI=1S/C22H25N5O4/c1-5-9-15-18(28)26(14-10-7-6-8-11-14)21-23-17-16(27(21)19(15)29)20(30)24(4)22(31)25(17)12-13(2)3/h6-8,10-11,13,29H,5,9,12H2,1-4H3. The Kier molecular flexibility index (Phi) is 5.04. The molecular weight excluding hydrogens is 398 g/mol. The molecule has 0 saturated carbocycles. The fraction of sp³-hybridized carbons (Fsp3) is 0.364. The SMILES string of the molecule is CCCc1c(O)n2c3c(=O)n(C)c(=O)n(CC(C)C)c3nc2n(-c2ccccc2)c1=O. The van der Waals surface area contributed by atoms with Crippen molar-refractivity contribution in [2.75, 3.05) is 0 Å². The van der Waals surface area contributed by atoms with Gasteiger partial charge in [0.05, 0.1) is 11.3 Å². The largest absolute Gasteiger partial charge is 0.494 e. The van der Waals surface area contributed by atoms with Crippen molar-refractivity contribution in [3.8, 4) is 11.6 Å². The van der Waals surface area contributed by atoms with E-state index in [0.29, 0.717) is 25.1 Å². The third-order valence-corrected chi connectivity index (χ3v) is 5.33. The maximum absolute atomic E-state index is 13.4. The Bertz CT molecular complexity index is 1470. The van der Waals surface area contributed by atoms with Gasteiger partial charge < -0.3 is 5.11 Å². The highest BCUT2D eigenvalue weighted by Gasteiger charge is 2.25. The molecule has 0 atom stereocenters. The highest BCUT2D eigenvalue weighted by Crippen LogP contribution is 2.24. The average molecular weight is 423 g/mol. The van der Waals surface area contributed by atoms with E-state index in [1.807, 2.05) is 26.8 Å². The van der Waals surface area contributed by atoms with Crippen molar-refractivity contribution in [3.63, 3.8) is 0 Å². The Hall–Kier alpha value is -3.62. The molecule has 0 bridgehead atoms. The first-order chi connectivity index (χ1) is 14.8. The molecule has 0 saturated heterocycles. The van der Waals surface area contributed by atoms with Gasteiger partial charge in [-0.15, -0.1) is 0 Å². The number of hydrogen-bond acceptors (Lipinski definition) is 5. The summed E-state index contributed by atoms with van der Waals surface area (Å²) < 4.78 is 5.12. The number of imidazole rings is 1. The lowest BCUT2D eigenvalue weighted by molar-refractivity contribution is 0.435. The minimum absolute atomic E-state index is 0.0669. The van der Waals surface area contributed by atoms with Crippen LogP contribution in [0.15, 0.2) is 44.7 Å². The summed E-state index contributed by atoms with van der Waals surface area (Å²) in [5, 5.41) is 11.1. The second kappa shape index (κ2) is 7.57. The fourth-order valence-electron chi connectivity index (χ4n) is 3.91. The summed E-state index contributed by atoms with van der Waals surface area (Å²) in [6, 6.07) is 8.93. The van der Waals surface area contributed by atoms with Gasteiger partial charge in [-0.3, -0.25) is 18.7 Å². The van der Waals surface area contributed by atoms with E-state index in [9.17, 15) is 19.5 Å². The Labute approximate surface area is 177 Å². The van der Waals surface area contributed by atoms with Crippen molar-refractivity contribution >= 4 is 16.9 Å². The van der Waals surface area contributed by atoms with Gasteiger partial charge in [0.25, 0.3) is 11.1 Å². The number of aromatic hydroxyl groups is 1. The van der Waals surface area contributed by atoms with E-state index >= 15 is 0 Å². The fourth-order valence-corrected chi connectivity index (χ4v) is 3.91. The van der Waals surface area contributed by atoms with Crippen molar-refractivity contribution < 1.29 is 5.11 Å². The van der Waals surface area contributed by atoms with Crippen molar-refractivity contribution in [2.45, 2.75) is 40.2 Å². The van der Waals surface area contributed by atoms with Gasteiger partial charge in [0.1, 0.15) is 0 Å². The van der Waals surface area contributed by atoms with Gasteiger partial charge in [0.2, 0.25) is 11.7 Å². The second-order valence-electron chi connectivity index (χ2n) is 8.10. The van der Waals surface area contributed by atoms with E-state index in [0.717, 1.165) is 4.57 Å². The number of fused-ring (bicyclic) bond motifs is 3. The molecule has 3 heterocycles. The smallest absolute Gasteiger partial charge is 0.332 e. The van der Waals surface area contributed by atoms with Crippen LogP contribution in [-0.4, -0.2) is 28.2 Å². The molecule has 9 nitrogen and oxygen atoms in total. The molecule has 0 unspecified atom stereocenters. The molecule has 0 spiro atoms. The molecule has 0 aliphatic heterocycles. The van der Waals surface area contributed by atoms with E-state index < -0.39 is 16.8 Å². The van der Waals surface area contributed by atoms with Crippen LogP contribution in [0.1, 0.15) is 32.8 Å². The van der Waals surface area contributed by atoms with E-state index in [4.69, 9.17) is 0 Å². The summed E-state index contributed by atoms with van der Waals surface area (Å²) in [4.78, 5) is 43.8. The maximum atomic E-state index is 13.4. The Morgan fingerprint density at radius 3 is 2.35 bits per heavy atom. The third kappa shape index (κ3) is 3.08. The van der Waals surface area contributed by atoms with Gasteiger partial charge in [0, 0.05) is 13.6 Å². The molecule has 31 heavy (non-hydrogen) atoms. The predicted octanol–water partition coefficient (Wildman–Crippen LogP) is 1.81. The van der Waals surface area contributed by atoms with Crippen LogP contribution < -0.4 is 16.8 Å². The first-order valence-corrected chi connectivity index (χ1v) is 10.3. The zero-order valence-electron chi connectivity index (χ0n) is 18.0. The maximum Gasteiger partial charge on any atom is 0.332 e. The van der Waals surface area contributed by atoms with E-state index in [1.54, 1.807) is 24.3 Å². The van der Waals surface area contributed by atoms with Gasteiger partial charge in [-0.05, 0) is 24.5 Å². The second-order valence-corrected chi connectivity index (χ2v) is 8.10. The van der Waals surface area contributed by atoms with Crippen molar-refractivity contribution in [3.05, 3.63) is 67.1 Å². The lowest BCUT2D eigenvalue weighted by Gasteiger charge is -2.13. The monoisotopic (exact) mass is 423 g/mol. The Morgan fingerprint density at radius 1 is 1.06 bits per heavy atom. The molecule has 162 valence electrons. The molecule has 4 aromatic rings. The molecule has 0 radical (unpaired) electrons.